The second-order valence-electron chi connectivity index (χ2n) is 4.73. The predicted molar refractivity (Wildman–Crippen MR) is 90.6 cm³/mol. The lowest BCUT2D eigenvalue weighted by atomic mass is 10.2. The fourth-order valence-corrected chi connectivity index (χ4v) is 3.12. The van der Waals surface area contributed by atoms with Gasteiger partial charge in [-0.3, -0.25) is 4.98 Å². The quantitative estimate of drug-likeness (QED) is 0.446. The molecule has 124 valence electrons. The van der Waals surface area contributed by atoms with Crippen molar-refractivity contribution in [2.75, 3.05) is 0 Å². The minimum atomic E-state index is -3.95. The largest absolute Gasteiger partial charge is 0.507 e. The predicted octanol–water partition coefficient (Wildman–Crippen LogP) is 1.90. The summed E-state index contributed by atoms with van der Waals surface area (Å²) >= 11 is 3.24. The number of hydrogen-bond acceptors (Lipinski definition) is 6. The lowest BCUT2D eigenvalue weighted by Crippen LogP contribution is -2.18. The Morgan fingerprint density at radius 2 is 2.04 bits per heavy atom. The van der Waals surface area contributed by atoms with Gasteiger partial charge in [-0.1, -0.05) is 15.9 Å². The third-order valence-corrected chi connectivity index (χ3v) is 4.78. The van der Waals surface area contributed by atoms with E-state index in [1.807, 2.05) is 4.83 Å². The third-order valence-electron chi connectivity index (χ3n) is 3.07. The molecule has 0 radical (unpaired) electrons. The SMILES string of the molecule is O=c1[nH]c2ccc(S(=O)(=O)N/N=C/c3cc(Br)ccc3O)cc2o1. The maximum absolute atomic E-state index is 12.2. The van der Waals surface area contributed by atoms with Gasteiger partial charge in [0.15, 0.2) is 5.58 Å². The lowest BCUT2D eigenvalue weighted by Gasteiger charge is -2.03. The molecule has 1 aromatic heterocycles. The highest BCUT2D eigenvalue weighted by molar-refractivity contribution is 9.10. The first-order valence-corrected chi connectivity index (χ1v) is 8.79. The molecule has 24 heavy (non-hydrogen) atoms. The molecule has 0 saturated heterocycles. The highest BCUT2D eigenvalue weighted by Gasteiger charge is 2.15. The molecular formula is C14H10BrN3O5S. The van der Waals surface area contributed by atoms with Crippen LogP contribution >= 0.6 is 15.9 Å². The monoisotopic (exact) mass is 411 g/mol. The van der Waals surface area contributed by atoms with Gasteiger partial charge in [-0.25, -0.2) is 9.63 Å². The summed E-state index contributed by atoms with van der Waals surface area (Å²) in [6.45, 7) is 0. The Morgan fingerprint density at radius 3 is 2.83 bits per heavy atom. The smallest absolute Gasteiger partial charge is 0.417 e. The molecule has 0 aliphatic carbocycles. The third kappa shape index (κ3) is 3.34. The van der Waals surface area contributed by atoms with Crippen molar-refractivity contribution in [1.29, 1.82) is 0 Å². The summed E-state index contributed by atoms with van der Waals surface area (Å²) in [5.41, 5.74) is 0.845. The first kappa shape index (κ1) is 16.3. The number of rotatable bonds is 4. The summed E-state index contributed by atoms with van der Waals surface area (Å²) in [7, 11) is -3.95. The number of aromatic nitrogens is 1. The Bertz CT molecular complexity index is 1100. The molecule has 0 amide bonds. The summed E-state index contributed by atoms with van der Waals surface area (Å²) < 4.78 is 29.9. The maximum Gasteiger partial charge on any atom is 0.417 e. The van der Waals surface area contributed by atoms with Gasteiger partial charge < -0.3 is 9.52 Å². The molecule has 2 aromatic carbocycles. The molecule has 0 aliphatic rings. The average molecular weight is 412 g/mol. The molecule has 1 heterocycles. The number of aromatic amines is 1. The van der Waals surface area contributed by atoms with E-state index in [2.05, 4.69) is 26.0 Å². The fourth-order valence-electron chi connectivity index (χ4n) is 1.94. The van der Waals surface area contributed by atoms with Gasteiger partial charge in [0.25, 0.3) is 10.0 Å². The minimum Gasteiger partial charge on any atom is -0.507 e. The number of hydrazone groups is 1. The molecule has 10 heteroatoms. The van der Waals surface area contributed by atoms with E-state index in [9.17, 15) is 18.3 Å². The topological polar surface area (TPSA) is 125 Å². The standard InChI is InChI=1S/C14H10BrN3O5S/c15-9-1-4-12(19)8(5-9)7-16-18-24(21,22)10-2-3-11-13(6-10)23-14(20)17-11/h1-7,18-19H,(H,17,20)/b16-7+. The molecule has 0 bridgehead atoms. The van der Waals surface area contributed by atoms with Crippen LogP contribution in [-0.2, 0) is 10.0 Å². The van der Waals surface area contributed by atoms with Gasteiger partial charge in [-0.05, 0) is 30.3 Å². The maximum atomic E-state index is 12.2. The molecule has 0 spiro atoms. The Balaban J connectivity index is 1.85. The summed E-state index contributed by atoms with van der Waals surface area (Å²) in [4.78, 5) is 15.4. The molecular weight excluding hydrogens is 402 g/mol. The number of phenolic OH excluding ortho intramolecular Hbond substituents is 1. The molecule has 0 atom stereocenters. The number of halogens is 1. The summed E-state index contributed by atoms with van der Waals surface area (Å²) in [6, 6.07) is 8.59. The van der Waals surface area contributed by atoms with Gasteiger partial charge >= 0.3 is 5.76 Å². The van der Waals surface area contributed by atoms with Crippen LogP contribution in [0.2, 0.25) is 0 Å². The van der Waals surface area contributed by atoms with E-state index in [0.29, 0.717) is 15.6 Å². The number of nitrogens with zero attached hydrogens (tertiary/aromatic N) is 1. The normalized spacial score (nSPS) is 12.0. The summed E-state index contributed by atoms with van der Waals surface area (Å²) in [5, 5.41) is 13.3. The van der Waals surface area contributed by atoms with Crippen LogP contribution in [0, 0.1) is 0 Å². The molecule has 0 saturated carbocycles. The van der Waals surface area contributed by atoms with E-state index >= 15 is 0 Å². The van der Waals surface area contributed by atoms with Gasteiger partial charge in [0, 0.05) is 16.1 Å². The number of phenols is 1. The van der Waals surface area contributed by atoms with E-state index in [0.717, 1.165) is 0 Å². The number of H-pyrrole nitrogens is 1. The molecule has 8 nitrogen and oxygen atoms in total. The molecule has 0 fully saturated rings. The zero-order chi connectivity index (χ0) is 17.3. The number of benzene rings is 2. The second-order valence-corrected chi connectivity index (χ2v) is 7.31. The Kier molecular flexibility index (Phi) is 4.16. The number of aromatic hydroxyl groups is 1. The Labute approximate surface area is 144 Å². The van der Waals surface area contributed by atoms with Crippen molar-refractivity contribution in [2.24, 2.45) is 5.10 Å². The number of sulfonamides is 1. The average Bonchev–Trinajstić information content (AvgIpc) is 2.89. The van der Waals surface area contributed by atoms with Gasteiger partial charge in [-0.2, -0.15) is 13.5 Å². The first-order chi connectivity index (χ1) is 11.3. The summed E-state index contributed by atoms with van der Waals surface area (Å²) in [5.74, 6) is -0.715. The zero-order valence-electron chi connectivity index (χ0n) is 11.9. The molecule has 3 aromatic rings. The fraction of sp³-hybridized carbons (Fsp3) is 0. The number of nitrogens with one attached hydrogen (secondary N) is 2. The molecule has 0 aliphatic heterocycles. The van der Waals surface area contributed by atoms with Gasteiger partial charge in [0.05, 0.1) is 16.6 Å². The molecule has 0 unspecified atom stereocenters. The zero-order valence-corrected chi connectivity index (χ0v) is 14.3. The summed E-state index contributed by atoms with van der Waals surface area (Å²) in [6.07, 6.45) is 1.17. The Hall–Kier alpha value is -2.59. The Morgan fingerprint density at radius 1 is 1.25 bits per heavy atom. The van der Waals surface area contributed by atoms with Crippen molar-refractivity contribution >= 4 is 43.3 Å². The number of hydrogen-bond donors (Lipinski definition) is 3. The molecule has 3 N–H and O–H groups in total. The van der Waals surface area contributed by atoms with Crippen LogP contribution in [0.15, 0.2) is 60.1 Å². The lowest BCUT2D eigenvalue weighted by molar-refractivity contribution is 0.474. The van der Waals surface area contributed by atoms with Gasteiger partial charge in [-0.15, -0.1) is 0 Å². The van der Waals surface area contributed by atoms with Crippen LogP contribution in [0.5, 0.6) is 5.75 Å². The van der Waals surface area contributed by atoms with E-state index < -0.39 is 15.8 Å². The van der Waals surface area contributed by atoms with Crippen molar-refractivity contribution in [3.63, 3.8) is 0 Å². The van der Waals surface area contributed by atoms with Gasteiger partial charge in [0.1, 0.15) is 5.75 Å². The van der Waals surface area contributed by atoms with Crippen LogP contribution in [0.4, 0.5) is 0 Å². The van der Waals surface area contributed by atoms with Gasteiger partial charge in [0.2, 0.25) is 0 Å². The molecule has 3 rings (SSSR count). The van der Waals surface area contributed by atoms with Crippen molar-refractivity contribution in [3.8, 4) is 5.75 Å². The highest BCUT2D eigenvalue weighted by atomic mass is 79.9. The van der Waals surface area contributed by atoms with Crippen molar-refractivity contribution in [1.82, 2.24) is 9.82 Å². The first-order valence-electron chi connectivity index (χ1n) is 6.51. The number of fused-ring (bicyclic) bond motifs is 1. The minimum absolute atomic E-state index is 0.0448. The van der Waals surface area contributed by atoms with Crippen LogP contribution in [0.3, 0.4) is 0 Å². The highest BCUT2D eigenvalue weighted by Crippen LogP contribution is 2.20. The number of oxazole rings is 1. The van der Waals surface area contributed by atoms with E-state index in [4.69, 9.17) is 4.42 Å². The van der Waals surface area contributed by atoms with Crippen LogP contribution in [0.25, 0.3) is 11.1 Å². The van der Waals surface area contributed by atoms with Crippen molar-refractivity contribution < 1.29 is 17.9 Å². The second kappa shape index (κ2) is 6.13. The van der Waals surface area contributed by atoms with E-state index in [-0.39, 0.29) is 16.2 Å². The van der Waals surface area contributed by atoms with E-state index in [1.165, 1.54) is 30.5 Å². The van der Waals surface area contributed by atoms with Crippen molar-refractivity contribution in [3.05, 3.63) is 57.0 Å². The van der Waals surface area contributed by atoms with Crippen molar-refractivity contribution in [2.45, 2.75) is 4.90 Å². The van der Waals surface area contributed by atoms with E-state index in [1.54, 1.807) is 12.1 Å². The van der Waals surface area contributed by atoms with Crippen LogP contribution < -0.4 is 10.6 Å². The van der Waals surface area contributed by atoms with Crippen LogP contribution in [-0.4, -0.2) is 24.7 Å². The van der Waals surface area contributed by atoms with Crippen LogP contribution in [0.1, 0.15) is 5.56 Å².